The zero-order chi connectivity index (χ0) is 12.4. The molecular weight excluding hydrogens is 243 g/mol. The molecule has 0 fully saturated rings. The molecule has 0 aliphatic carbocycles. The number of halogens is 1. The number of hydrogen-bond acceptors (Lipinski definition) is 1. The van der Waals surface area contributed by atoms with Gasteiger partial charge in [-0.25, -0.2) is 4.39 Å². The van der Waals surface area contributed by atoms with E-state index < -0.39 is 0 Å². The van der Waals surface area contributed by atoms with E-state index >= 15 is 0 Å². The topological polar surface area (TPSA) is 0 Å². The molecule has 88 valence electrons. The summed E-state index contributed by atoms with van der Waals surface area (Å²) >= 11 is 1.68. The monoisotopic (exact) mass is 254 g/mol. The third kappa shape index (κ3) is 2.20. The van der Waals surface area contributed by atoms with Crippen LogP contribution in [-0.2, 0) is 0 Å². The van der Waals surface area contributed by atoms with Crippen LogP contribution in [0.4, 0.5) is 4.39 Å². The zero-order valence-corrected chi connectivity index (χ0v) is 10.5. The Morgan fingerprint density at radius 3 is 2.06 bits per heavy atom. The minimum atomic E-state index is -0.192. The number of rotatable bonds is 2. The summed E-state index contributed by atoms with van der Waals surface area (Å²) in [5.41, 5.74) is 2.13. The van der Waals surface area contributed by atoms with Crippen LogP contribution in [0, 0.1) is 5.82 Å². The van der Waals surface area contributed by atoms with Gasteiger partial charge in [-0.15, -0.1) is 11.3 Å². The average molecular weight is 254 g/mol. The Labute approximate surface area is 109 Å². The van der Waals surface area contributed by atoms with Gasteiger partial charge in [-0.2, -0.15) is 0 Å². The molecule has 2 heteroatoms. The molecule has 0 bridgehead atoms. The first-order valence-corrected chi connectivity index (χ1v) is 6.56. The second-order valence-electron chi connectivity index (χ2n) is 4.04. The first-order chi connectivity index (χ1) is 8.83. The Morgan fingerprint density at radius 1 is 0.667 bits per heavy atom. The van der Waals surface area contributed by atoms with Gasteiger partial charge in [0, 0.05) is 9.75 Å². The lowest BCUT2D eigenvalue weighted by Crippen LogP contribution is -1.74. The maximum Gasteiger partial charge on any atom is 0.123 e. The molecule has 1 heterocycles. The van der Waals surface area contributed by atoms with Crippen molar-refractivity contribution in [2.24, 2.45) is 0 Å². The van der Waals surface area contributed by atoms with Crippen LogP contribution in [-0.4, -0.2) is 0 Å². The van der Waals surface area contributed by atoms with Gasteiger partial charge in [-0.1, -0.05) is 42.5 Å². The van der Waals surface area contributed by atoms with Gasteiger partial charge in [0.2, 0.25) is 0 Å². The van der Waals surface area contributed by atoms with Crippen LogP contribution in [0.2, 0.25) is 0 Å². The van der Waals surface area contributed by atoms with Crippen molar-refractivity contribution in [3.8, 4) is 20.9 Å². The van der Waals surface area contributed by atoms with Gasteiger partial charge in [0.25, 0.3) is 0 Å². The third-order valence-electron chi connectivity index (χ3n) is 2.77. The van der Waals surface area contributed by atoms with Gasteiger partial charge in [0.15, 0.2) is 0 Å². The van der Waals surface area contributed by atoms with Crippen LogP contribution < -0.4 is 0 Å². The Kier molecular flexibility index (Phi) is 2.95. The molecule has 0 spiro atoms. The molecule has 0 atom stereocenters. The van der Waals surface area contributed by atoms with Gasteiger partial charge < -0.3 is 0 Å². The summed E-state index contributed by atoms with van der Waals surface area (Å²) in [6.45, 7) is 0. The lowest BCUT2D eigenvalue weighted by Gasteiger charge is -1.97. The van der Waals surface area contributed by atoms with E-state index in [1.807, 2.05) is 30.3 Å². The Hall–Kier alpha value is -1.93. The van der Waals surface area contributed by atoms with Crippen molar-refractivity contribution in [1.29, 1.82) is 0 Å². The SMILES string of the molecule is Fc1cccc(-c2ccc(-c3ccccc3)s2)c1. The van der Waals surface area contributed by atoms with Gasteiger partial charge in [-0.3, -0.25) is 0 Å². The highest BCUT2D eigenvalue weighted by molar-refractivity contribution is 7.18. The van der Waals surface area contributed by atoms with E-state index in [0.717, 1.165) is 10.4 Å². The standard InChI is InChI=1S/C16H11FS/c17-14-8-4-7-13(11-14)16-10-9-15(18-16)12-5-2-1-3-6-12/h1-11H. The molecule has 3 aromatic rings. The van der Waals surface area contributed by atoms with Gasteiger partial charge in [0.05, 0.1) is 0 Å². The van der Waals surface area contributed by atoms with Crippen molar-refractivity contribution < 1.29 is 4.39 Å². The first-order valence-electron chi connectivity index (χ1n) is 5.74. The normalized spacial score (nSPS) is 10.5. The fraction of sp³-hybridized carbons (Fsp3) is 0. The van der Waals surface area contributed by atoms with Crippen molar-refractivity contribution in [3.05, 3.63) is 72.5 Å². The maximum absolute atomic E-state index is 13.2. The van der Waals surface area contributed by atoms with Gasteiger partial charge in [-0.05, 0) is 35.4 Å². The van der Waals surface area contributed by atoms with Crippen LogP contribution in [0.25, 0.3) is 20.9 Å². The van der Waals surface area contributed by atoms with Crippen molar-refractivity contribution in [2.75, 3.05) is 0 Å². The fourth-order valence-electron chi connectivity index (χ4n) is 1.89. The van der Waals surface area contributed by atoms with Gasteiger partial charge >= 0.3 is 0 Å². The summed E-state index contributed by atoms with van der Waals surface area (Å²) in [4.78, 5) is 2.29. The van der Waals surface area contributed by atoms with E-state index in [0.29, 0.717) is 0 Å². The lowest BCUT2D eigenvalue weighted by atomic mass is 10.1. The summed E-state index contributed by atoms with van der Waals surface area (Å²) in [6, 6.07) is 21.1. The smallest absolute Gasteiger partial charge is 0.123 e. The van der Waals surface area contributed by atoms with E-state index in [2.05, 4.69) is 18.2 Å². The second kappa shape index (κ2) is 4.75. The summed E-state index contributed by atoms with van der Waals surface area (Å²) in [7, 11) is 0. The van der Waals surface area contributed by atoms with E-state index in [1.54, 1.807) is 23.5 Å². The molecule has 0 saturated carbocycles. The summed E-state index contributed by atoms with van der Waals surface area (Å²) in [5, 5.41) is 0. The molecule has 0 N–H and O–H groups in total. The molecule has 2 aromatic carbocycles. The molecule has 0 radical (unpaired) electrons. The number of benzene rings is 2. The highest BCUT2D eigenvalue weighted by atomic mass is 32.1. The molecule has 0 nitrogen and oxygen atoms in total. The molecule has 0 unspecified atom stereocenters. The molecule has 0 aliphatic rings. The van der Waals surface area contributed by atoms with Crippen LogP contribution in [0.5, 0.6) is 0 Å². The minimum Gasteiger partial charge on any atom is -0.207 e. The van der Waals surface area contributed by atoms with Crippen LogP contribution in [0.3, 0.4) is 0 Å². The zero-order valence-electron chi connectivity index (χ0n) is 9.64. The Bertz CT molecular complexity index is 656. The molecule has 0 saturated heterocycles. The molecule has 0 aliphatic heterocycles. The predicted molar refractivity (Wildman–Crippen MR) is 75.1 cm³/mol. The van der Waals surface area contributed by atoms with E-state index in [4.69, 9.17) is 0 Å². The fourth-order valence-corrected chi connectivity index (χ4v) is 2.90. The highest BCUT2D eigenvalue weighted by Crippen LogP contribution is 2.34. The van der Waals surface area contributed by atoms with E-state index in [9.17, 15) is 4.39 Å². The number of thiophene rings is 1. The van der Waals surface area contributed by atoms with Crippen molar-refractivity contribution in [1.82, 2.24) is 0 Å². The molecule has 0 amide bonds. The lowest BCUT2D eigenvalue weighted by molar-refractivity contribution is 0.628. The van der Waals surface area contributed by atoms with E-state index in [1.165, 1.54) is 16.5 Å². The largest absolute Gasteiger partial charge is 0.207 e. The van der Waals surface area contributed by atoms with Crippen molar-refractivity contribution in [2.45, 2.75) is 0 Å². The van der Waals surface area contributed by atoms with Gasteiger partial charge in [0.1, 0.15) is 5.82 Å². The average Bonchev–Trinajstić information content (AvgIpc) is 2.89. The van der Waals surface area contributed by atoms with Crippen LogP contribution >= 0.6 is 11.3 Å². The maximum atomic E-state index is 13.2. The molecule has 18 heavy (non-hydrogen) atoms. The van der Waals surface area contributed by atoms with E-state index in [-0.39, 0.29) is 5.82 Å². The quantitative estimate of drug-likeness (QED) is 0.588. The number of hydrogen-bond donors (Lipinski definition) is 0. The second-order valence-corrected chi connectivity index (χ2v) is 5.12. The van der Waals surface area contributed by atoms with Crippen molar-refractivity contribution >= 4 is 11.3 Å². The van der Waals surface area contributed by atoms with Crippen molar-refractivity contribution in [3.63, 3.8) is 0 Å². The summed E-state index contributed by atoms with van der Waals surface area (Å²) < 4.78 is 13.2. The molecule has 3 rings (SSSR count). The minimum absolute atomic E-state index is 0.192. The molecular formula is C16H11FS. The molecule has 1 aromatic heterocycles. The van der Waals surface area contributed by atoms with Crippen LogP contribution in [0.1, 0.15) is 0 Å². The predicted octanol–water partition coefficient (Wildman–Crippen LogP) is 5.22. The summed E-state index contributed by atoms with van der Waals surface area (Å²) in [5.74, 6) is -0.192. The first kappa shape index (κ1) is 11.2. The Morgan fingerprint density at radius 2 is 1.33 bits per heavy atom. The summed E-state index contributed by atoms with van der Waals surface area (Å²) in [6.07, 6.45) is 0. The highest BCUT2D eigenvalue weighted by Gasteiger charge is 2.05. The third-order valence-corrected chi connectivity index (χ3v) is 3.96. The Balaban J connectivity index is 2.00. The van der Waals surface area contributed by atoms with Crippen LogP contribution in [0.15, 0.2) is 66.7 Å².